The summed E-state index contributed by atoms with van der Waals surface area (Å²) in [6.07, 6.45) is 0.289. The molecule has 2 aromatic carbocycles. The van der Waals surface area contributed by atoms with Gasteiger partial charge in [0, 0.05) is 25.9 Å². The second-order valence-corrected chi connectivity index (χ2v) is 7.05. The number of hydrogen-bond acceptors (Lipinski definition) is 5. The fourth-order valence-corrected chi connectivity index (χ4v) is 3.85. The third kappa shape index (κ3) is 4.71. The SMILES string of the molecule is COCCn1c(SCC(=O)N(CCC#N)c2ccccc2)nc2ccccc21. The minimum Gasteiger partial charge on any atom is -0.383 e. The van der Waals surface area contributed by atoms with E-state index in [9.17, 15) is 4.79 Å². The molecule has 3 rings (SSSR count). The van der Waals surface area contributed by atoms with Crippen molar-refractivity contribution in [3.63, 3.8) is 0 Å². The van der Waals surface area contributed by atoms with Crippen molar-refractivity contribution in [2.24, 2.45) is 0 Å². The molecule has 1 heterocycles. The van der Waals surface area contributed by atoms with Crippen LogP contribution in [0.1, 0.15) is 6.42 Å². The van der Waals surface area contributed by atoms with E-state index in [0.717, 1.165) is 21.9 Å². The van der Waals surface area contributed by atoms with Crippen molar-refractivity contribution in [1.29, 1.82) is 5.26 Å². The number of carbonyl (C=O) groups is 1. The van der Waals surface area contributed by atoms with Crippen LogP contribution in [0.15, 0.2) is 59.8 Å². The average Bonchev–Trinajstić information content (AvgIpc) is 3.09. The summed E-state index contributed by atoms with van der Waals surface area (Å²) in [5.74, 6) is 0.202. The van der Waals surface area contributed by atoms with Crippen molar-refractivity contribution >= 4 is 34.4 Å². The lowest BCUT2D eigenvalue weighted by atomic mass is 10.2. The first-order valence-corrected chi connectivity index (χ1v) is 10.0. The molecule has 0 fully saturated rings. The Balaban J connectivity index is 1.78. The van der Waals surface area contributed by atoms with Gasteiger partial charge in [-0.2, -0.15) is 5.26 Å². The van der Waals surface area contributed by atoms with Crippen LogP contribution in [0.25, 0.3) is 11.0 Å². The number of imidazole rings is 1. The maximum Gasteiger partial charge on any atom is 0.237 e. The van der Waals surface area contributed by atoms with E-state index < -0.39 is 0 Å². The summed E-state index contributed by atoms with van der Waals surface area (Å²) in [5.41, 5.74) is 2.73. The Morgan fingerprint density at radius 2 is 1.96 bits per heavy atom. The van der Waals surface area contributed by atoms with E-state index in [1.54, 1.807) is 12.0 Å². The van der Waals surface area contributed by atoms with Crippen LogP contribution < -0.4 is 4.90 Å². The molecule has 1 amide bonds. The molecule has 0 aliphatic carbocycles. The van der Waals surface area contributed by atoms with E-state index in [-0.39, 0.29) is 18.1 Å². The first-order chi connectivity index (χ1) is 13.7. The van der Waals surface area contributed by atoms with Gasteiger partial charge in [0.05, 0.1) is 35.9 Å². The molecule has 0 bridgehead atoms. The molecule has 0 saturated carbocycles. The van der Waals surface area contributed by atoms with Crippen LogP contribution in [0.3, 0.4) is 0 Å². The summed E-state index contributed by atoms with van der Waals surface area (Å²) in [6.45, 7) is 1.62. The van der Waals surface area contributed by atoms with E-state index in [2.05, 4.69) is 15.6 Å². The largest absolute Gasteiger partial charge is 0.383 e. The number of benzene rings is 2. The van der Waals surface area contributed by atoms with Crippen LogP contribution in [0.4, 0.5) is 5.69 Å². The lowest BCUT2D eigenvalue weighted by molar-refractivity contribution is -0.116. The van der Waals surface area contributed by atoms with Gasteiger partial charge in [-0.05, 0) is 24.3 Å². The smallest absolute Gasteiger partial charge is 0.237 e. The van der Waals surface area contributed by atoms with Crippen molar-refractivity contribution in [2.75, 3.05) is 30.9 Å². The van der Waals surface area contributed by atoms with Crippen molar-refractivity contribution in [3.05, 3.63) is 54.6 Å². The fourth-order valence-electron chi connectivity index (χ4n) is 2.93. The molecule has 0 atom stereocenters. The molecule has 0 N–H and O–H groups in total. The molecule has 144 valence electrons. The van der Waals surface area contributed by atoms with Gasteiger partial charge in [-0.3, -0.25) is 4.79 Å². The zero-order valence-corrected chi connectivity index (χ0v) is 16.6. The van der Waals surface area contributed by atoms with Gasteiger partial charge < -0.3 is 14.2 Å². The lowest BCUT2D eigenvalue weighted by Gasteiger charge is -2.21. The van der Waals surface area contributed by atoms with Crippen LogP contribution in [0.2, 0.25) is 0 Å². The van der Waals surface area contributed by atoms with Gasteiger partial charge in [-0.1, -0.05) is 42.1 Å². The predicted molar refractivity (Wildman–Crippen MR) is 111 cm³/mol. The number of ether oxygens (including phenoxy) is 1. The highest BCUT2D eigenvalue weighted by Crippen LogP contribution is 2.25. The molecule has 0 radical (unpaired) electrons. The van der Waals surface area contributed by atoms with Crippen molar-refractivity contribution < 1.29 is 9.53 Å². The number of amides is 1. The van der Waals surface area contributed by atoms with Gasteiger partial charge in [0.1, 0.15) is 0 Å². The van der Waals surface area contributed by atoms with Gasteiger partial charge in [0.25, 0.3) is 0 Å². The number of para-hydroxylation sites is 3. The number of nitriles is 1. The van der Waals surface area contributed by atoms with Crippen LogP contribution in [-0.2, 0) is 16.1 Å². The molecule has 0 aliphatic rings. The third-order valence-corrected chi connectivity index (χ3v) is 5.24. The Kier molecular flexibility index (Phi) is 7.06. The lowest BCUT2D eigenvalue weighted by Crippen LogP contribution is -2.33. The summed E-state index contributed by atoms with van der Waals surface area (Å²) in [7, 11) is 1.67. The topological polar surface area (TPSA) is 71.2 Å². The number of hydrogen-bond donors (Lipinski definition) is 0. The Morgan fingerprint density at radius 3 is 2.71 bits per heavy atom. The minimum atomic E-state index is -0.0446. The molecular weight excluding hydrogens is 372 g/mol. The summed E-state index contributed by atoms with van der Waals surface area (Å²) in [5, 5.41) is 9.72. The first-order valence-electron chi connectivity index (χ1n) is 9.04. The molecule has 1 aromatic heterocycles. The summed E-state index contributed by atoms with van der Waals surface area (Å²) in [6, 6.07) is 19.5. The zero-order chi connectivity index (χ0) is 19.8. The molecule has 0 unspecified atom stereocenters. The normalized spacial score (nSPS) is 10.7. The van der Waals surface area contributed by atoms with Gasteiger partial charge in [0.2, 0.25) is 5.91 Å². The summed E-state index contributed by atoms with van der Waals surface area (Å²) < 4.78 is 7.30. The van der Waals surface area contributed by atoms with E-state index in [0.29, 0.717) is 19.7 Å². The Bertz CT molecular complexity index is 965. The van der Waals surface area contributed by atoms with Crippen LogP contribution in [0.5, 0.6) is 0 Å². The number of thioether (sulfide) groups is 1. The van der Waals surface area contributed by atoms with Crippen molar-refractivity contribution in [1.82, 2.24) is 9.55 Å². The molecule has 28 heavy (non-hydrogen) atoms. The standard InChI is InChI=1S/C21H22N4O2S/c1-27-15-14-25-19-11-6-5-10-18(19)23-21(25)28-16-20(26)24(13-7-12-22)17-8-3-2-4-9-17/h2-6,8-11H,7,13-16H2,1H3. The zero-order valence-electron chi connectivity index (χ0n) is 15.7. The van der Waals surface area contributed by atoms with Crippen LogP contribution in [0, 0.1) is 11.3 Å². The predicted octanol–water partition coefficient (Wildman–Crippen LogP) is 3.72. The third-order valence-electron chi connectivity index (χ3n) is 4.28. The van der Waals surface area contributed by atoms with E-state index in [1.807, 2.05) is 54.6 Å². The number of aromatic nitrogens is 2. The second-order valence-electron chi connectivity index (χ2n) is 6.11. The van der Waals surface area contributed by atoms with Gasteiger partial charge in [-0.25, -0.2) is 4.98 Å². The summed E-state index contributed by atoms with van der Waals surface area (Å²) >= 11 is 1.41. The monoisotopic (exact) mass is 394 g/mol. The van der Waals surface area contributed by atoms with E-state index in [1.165, 1.54) is 11.8 Å². The average molecular weight is 395 g/mol. The first kappa shape index (κ1) is 19.9. The fraction of sp³-hybridized carbons (Fsp3) is 0.286. The number of nitrogens with zero attached hydrogens (tertiary/aromatic N) is 4. The summed E-state index contributed by atoms with van der Waals surface area (Å²) in [4.78, 5) is 19.2. The van der Waals surface area contributed by atoms with Gasteiger partial charge >= 0.3 is 0 Å². The number of methoxy groups -OCH3 is 1. The highest BCUT2D eigenvalue weighted by molar-refractivity contribution is 7.99. The number of carbonyl (C=O) groups excluding carboxylic acids is 1. The number of anilines is 1. The maximum atomic E-state index is 12.9. The number of fused-ring (bicyclic) bond motifs is 1. The Labute approximate surface area is 168 Å². The minimum absolute atomic E-state index is 0.0446. The van der Waals surface area contributed by atoms with E-state index >= 15 is 0 Å². The van der Waals surface area contributed by atoms with Gasteiger partial charge in [0.15, 0.2) is 5.16 Å². The highest BCUT2D eigenvalue weighted by Gasteiger charge is 2.18. The van der Waals surface area contributed by atoms with Crippen LogP contribution in [-0.4, -0.2) is 41.5 Å². The van der Waals surface area contributed by atoms with Gasteiger partial charge in [-0.15, -0.1) is 0 Å². The molecule has 0 saturated heterocycles. The van der Waals surface area contributed by atoms with Crippen LogP contribution >= 0.6 is 11.8 Å². The quantitative estimate of drug-likeness (QED) is 0.517. The van der Waals surface area contributed by atoms with Crippen molar-refractivity contribution in [3.8, 4) is 6.07 Å². The molecule has 6 nitrogen and oxygen atoms in total. The Morgan fingerprint density at radius 1 is 1.21 bits per heavy atom. The molecule has 7 heteroatoms. The maximum absolute atomic E-state index is 12.9. The second kappa shape index (κ2) is 9.93. The molecule has 0 spiro atoms. The Hall–Kier alpha value is -2.82. The number of rotatable bonds is 9. The van der Waals surface area contributed by atoms with E-state index in [4.69, 9.17) is 10.00 Å². The highest BCUT2D eigenvalue weighted by atomic mass is 32.2. The molecular formula is C21H22N4O2S. The molecule has 3 aromatic rings. The van der Waals surface area contributed by atoms with Crippen molar-refractivity contribution in [2.45, 2.75) is 18.1 Å². The molecule has 0 aliphatic heterocycles.